The molecule has 1 N–H and O–H groups in total. The molecule has 3 heterocycles. The molecule has 5 rings (SSSR count). The van der Waals surface area contributed by atoms with E-state index in [0.29, 0.717) is 39.6 Å². The van der Waals surface area contributed by atoms with Crippen LogP contribution in [0.5, 0.6) is 11.5 Å². The maximum Gasteiger partial charge on any atom is 0.261 e. The number of methoxy groups -OCH3 is 2. The highest BCUT2D eigenvalue weighted by Gasteiger charge is 2.16. The van der Waals surface area contributed by atoms with Crippen molar-refractivity contribution in [1.82, 2.24) is 14.5 Å². The molecule has 180 valence electrons. The van der Waals surface area contributed by atoms with Gasteiger partial charge in [0.2, 0.25) is 0 Å². The van der Waals surface area contributed by atoms with E-state index in [0.717, 1.165) is 49.2 Å². The van der Waals surface area contributed by atoms with Gasteiger partial charge in [0.1, 0.15) is 5.82 Å². The van der Waals surface area contributed by atoms with Gasteiger partial charge in [-0.15, -0.1) is 11.3 Å². The fourth-order valence-electron chi connectivity index (χ4n) is 4.36. The van der Waals surface area contributed by atoms with Gasteiger partial charge >= 0.3 is 0 Å². The van der Waals surface area contributed by atoms with Gasteiger partial charge in [0.25, 0.3) is 11.5 Å². The number of thiazole rings is 1. The number of ether oxygens (including phenoxy) is 2. The van der Waals surface area contributed by atoms with Gasteiger partial charge in [0.15, 0.2) is 16.6 Å². The lowest BCUT2D eigenvalue weighted by Crippen LogP contribution is -2.26. The Labute approximate surface area is 206 Å². The zero-order valence-corrected chi connectivity index (χ0v) is 20.5. The molecule has 0 bridgehead atoms. The number of benzene rings is 2. The fraction of sp³-hybridized carbons (Fsp3) is 0.308. The molecule has 1 amide bonds. The number of carbonyl (C=O) groups is 1. The standard InChI is InChI=1S/C26H26N4O4S/c1-33-21-11-9-16(14-22(21)34-2)20-15-35-26(28-20)29-24(31)17-8-10-18-19(13-17)27-23-7-5-3-4-6-12-30(23)25(18)32/h8-11,13-15H,3-7,12H2,1-2H3,(H,28,29,31). The van der Waals surface area contributed by atoms with Gasteiger partial charge in [-0.2, -0.15) is 0 Å². The van der Waals surface area contributed by atoms with Gasteiger partial charge in [0, 0.05) is 29.5 Å². The van der Waals surface area contributed by atoms with Crippen LogP contribution in [0.3, 0.4) is 0 Å². The molecule has 0 aliphatic carbocycles. The molecule has 2 aromatic heterocycles. The molecule has 1 aliphatic heterocycles. The molecule has 0 radical (unpaired) electrons. The third-order valence-electron chi connectivity index (χ3n) is 6.23. The Bertz CT molecular complexity index is 1460. The second kappa shape index (κ2) is 9.87. The summed E-state index contributed by atoms with van der Waals surface area (Å²) in [5.41, 5.74) is 2.53. The molecule has 0 saturated heterocycles. The first-order valence-electron chi connectivity index (χ1n) is 11.6. The Balaban J connectivity index is 1.39. The fourth-order valence-corrected chi connectivity index (χ4v) is 5.08. The number of hydrogen-bond acceptors (Lipinski definition) is 7. The number of carbonyl (C=O) groups excluding carboxylic acids is 1. The van der Waals surface area contributed by atoms with Gasteiger partial charge < -0.3 is 9.47 Å². The molecule has 0 atom stereocenters. The van der Waals surface area contributed by atoms with Crippen LogP contribution in [0.15, 0.2) is 46.6 Å². The Kier molecular flexibility index (Phi) is 6.50. The lowest BCUT2D eigenvalue weighted by molar-refractivity contribution is 0.102. The SMILES string of the molecule is COc1ccc(-c2csc(NC(=O)c3ccc4c(=O)n5c(nc4c3)CCCCCC5)n2)cc1OC. The molecular formula is C26H26N4O4S. The van der Waals surface area contributed by atoms with E-state index in [1.165, 1.54) is 11.3 Å². The van der Waals surface area contributed by atoms with Crippen molar-refractivity contribution in [1.29, 1.82) is 0 Å². The van der Waals surface area contributed by atoms with Gasteiger partial charge in [-0.05, 0) is 49.2 Å². The van der Waals surface area contributed by atoms with Crippen LogP contribution < -0.4 is 20.3 Å². The second-order valence-corrected chi connectivity index (χ2v) is 9.30. The zero-order chi connectivity index (χ0) is 24.4. The molecule has 8 nitrogen and oxygen atoms in total. The summed E-state index contributed by atoms with van der Waals surface area (Å²) in [5, 5.41) is 5.75. The quantitative estimate of drug-likeness (QED) is 0.427. The maximum atomic E-state index is 13.0. The first kappa shape index (κ1) is 23.0. The van der Waals surface area contributed by atoms with Crippen molar-refractivity contribution in [2.45, 2.75) is 38.6 Å². The van der Waals surface area contributed by atoms with Crippen molar-refractivity contribution < 1.29 is 14.3 Å². The van der Waals surface area contributed by atoms with Crippen LogP contribution in [-0.4, -0.2) is 34.7 Å². The highest BCUT2D eigenvalue weighted by Crippen LogP contribution is 2.33. The largest absolute Gasteiger partial charge is 0.493 e. The average Bonchev–Trinajstić information content (AvgIpc) is 3.33. The van der Waals surface area contributed by atoms with E-state index in [4.69, 9.17) is 14.5 Å². The first-order valence-corrected chi connectivity index (χ1v) is 12.5. The molecule has 0 unspecified atom stereocenters. The van der Waals surface area contributed by atoms with E-state index in [-0.39, 0.29) is 11.5 Å². The molecule has 4 aromatic rings. The molecule has 2 aromatic carbocycles. The molecule has 35 heavy (non-hydrogen) atoms. The Morgan fingerprint density at radius 2 is 1.83 bits per heavy atom. The topological polar surface area (TPSA) is 95.3 Å². The number of rotatable bonds is 5. The van der Waals surface area contributed by atoms with Crippen LogP contribution in [0.1, 0.15) is 41.9 Å². The number of fused-ring (bicyclic) bond motifs is 2. The zero-order valence-electron chi connectivity index (χ0n) is 19.7. The van der Waals surface area contributed by atoms with Crippen LogP contribution >= 0.6 is 11.3 Å². The molecular weight excluding hydrogens is 464 g/mol. The summed E-state index contributed by atoms with van der Waals surface area (Å²) < 4.78 is 12.5. The number of nitrogens with zero attached hydrogens (tertiary/aromatic N) is 3. The predicted octanol–water partition coefficient (Wildman–Crippen LogP) is 4.91. The molecule has 9 heteroatoms. The Hall–Kier alpha value is -3.72. The highest BCUT2D eigenvalue weighted by atomic mass is 32.1. The molecule has 0 fully saturated rings. The van der Waals surface area contributed by atoms with Crippen LogP contribution in [0, 0.1) is 0 Å². The average molecular weight is 491 g/mol. The first-order chi connectivity index (χ1) is 17.1. The lowest BCUT2D eigenvalue weighted by atomic mass is 10.1. The predicted molar refractivity (Wildman–Crippen MR) is 137 cm³/mol. The lowest BCUT2D eigenvalue weighted by Gasteiger charge is -2.16. The van der Waals surface area contributed by atoms with Crippen molar-refractivity contribution in [3.05, 3.63) is 63.5 Å². The summed E-state index contributed by atoms with van der Waals surface area (Å²) in [6.07, 6.45) is 5.06. The van der Waals surface area contributed by atoms with Crippen LogP contribution in [0.2, 0.25) is 0 Å². The molecule has 1 aliphatic rings. The Morgan fingerprint density at radius 3 is 2.66 bits per heavy atom. The smallest absolute Gasteiger partial charge is 0.261 e. The summed E-state index contributed by atoms with van der Waals surface area (Å²) in [6.45, 7) is 0.700. The molecule has 0 spiro atoms. The number of nitrogens with one attached hydrogen (secondary N) is 1. The van der Waals surface area contributed by atoms with Crippen LogP contribution in [0.25, 0.3) is 22.2 Å². The maximum absolute atomic E-state index is 13.0. The summed E-state index contributed by atoms with van der Waals surface area (Å²) >= 11 is 1.34. The van der Waals surface area contributed by atoms with Crippen LogP contribution in [0.4, 0.5) is 5.13 Å². The summed E-state index contributed by atoms with van der Waals surface area (Å²) in [4.78, 5) is 35.3. The van der Waals surface area contributed by atoms with E-state index in [2.05, 4.69) is 10.3 Å². The summed E-state index contributed by atoms with van der Waals surface area (Å²) in [7, 11) is 3.17. The third kappa shape index (κ3) is 4.64. The van der Waals surface area contributed by atoms with Crippen molar-refractivity contribution in [2.24, 2.45) is 0 Å². The van der Waals surface area contributed by atoms with E-state index in [9.17, 15) is 9.59 Å². The van der Waals surface area contributed by atoms with E-state index in [1.54, 1.807) is 37.0 Å². The van der Waals surface area contributed by atoms with Crippen LogP contribution in [-0.2, 0) is 13.0 Å². The normalized spacial score (nSPS) is 13.5. The number of amides is 1. The van der Waals surface area contributed by atoms with E-state index in [1.807, 2.05) is 23.6 Å². The number of aromatic nitrogens is 3. The molecule has 0 saturated carbocycles. The minimum atomic E-state index is -0.297. The van der Waals surface area contributed by atoms with E-state index >= 15 is 0 Å². The highest BCUT2D eigenvalue weighted by molar-refractivity contribution is 7.14. The van der Waals surface area contributed by atoms with Gasteiger partial charge in [0.05, 0.1) is 30.8 Å². The minimum absolute atomic E-state index is 0.0293. The van der Waals surface area contributed by atoms with Gasteiger partial charge in [-0.1, -0.05) is 12.8 Å². The second-order valence-electron chi connectivity index (χ2n) is 8.44. The number of anilines is 1. The van der Waals surface area contributed by atoms with Crippen molar-refractivity contribution in [3.8, 4) is 22.8 Å². The van der Waals surface area contributed by atoms with Crippen molar-refractivity contribution in [3.63, 3.8) is 0 Å². The Morgan fingerprint density at radius 1 is 1.00 bits per heavy atom. The van der Waals surface area contributed by atoms with Crippen molar-refractivity contribution >= 4 is 33.3 Å². The van der Waals surface area contributed by atoms with Gasteiger partial charge in [-0.3, -0.25) is 19.5 Å². The van der Waals surface area contributed by atoms with Crippen molar-refractivity contribution in [2.75, 3.05) is 19.5 Å². The minimum Gasteiger partial charge on any atom is -0.493 e. The number of aryl methyl sites for hydroxylation is 1. The monoisotopic (exact) mass is 490 g/mol. The summed E-state index contributed by atoms with van der Waals surface area (Å²) in [5.74, 6) is 1.75. The third-order valence-corrected chi connectivity index (χ3v) is 6.99. The van der Waals surface area contributed by atoms with E-state index < -0.39 is 0 Å². The van der Waals surface area contributed by atoms with Gasteiger partial charge in [-0.25, -0.2) is 9.97 Å². The number of hydrogen-bond donors (Lipinski definition) is 1. The summed E-state index contributed by atoms with van der Waals surface area (Å²) in [6, 6.07) is 10.6.